The lowest BCUT2D eigenvalue weighted by Crippen LogP contribution is -2.12. The van der Waals surface area contributed by atoms with E-state index in [1.165, 1.54) is 12.1 Å². The van der Waals surface area contributed by atoms with Crippen LogP contribution in [0.2, 0.25) is 0 Å². The Kier molecular flexibility index (Phi) is 7.61. The van der Waals surface area contributed by atoms with E-state index >= 15 is 0 Å². The molecular formula is C27H27F2N3O. The lowest BCUT2D eigenvalue weighted by Gasteiger charge is -2.16. The highest BCUT2D eigenvalue weighted by Gasteiger charge is 2.11. The number of nitrogens with one attached hydrogen (secondary N) is 1. The summed E-state index contributed by atoms with van der Waals surface area (Å²) in [6.07, 6.45) is 5.38. The fraction of sp³-hybridized carbons (Fsp3) is 0.148. The quantitative estimate of drug-likeness (QED) is 0.390. The summed E-state index contributed by atoms with van der Waals surface area (Å²) in [7, 11) is 3.87. The molecule has 4 nitrogen and oxygen atoms in total. The van der Waals surface area contributed by atoms with Crippen molar-refractivity contribution < 1.29 is 13.5 Å². The molecule has 0 bridgehead atoms. The second-order valence-corrected chi connectivity index (χ2v) is 7.74. The van der Waals surface area contributed by atoms with Crippen LogP contribution >= 0.6 is 0 Å². The maximum atomic E-state index is 13.5. The molecule has 0 amide bonds. The largest absolute Gasteiger partial charge is 0.457 e. The molecule has 0 radical (unpaired) electrons. The maximum absolute atomic E-state index is 13.5. The predicted octanol–water partition coefficient (Wildman–Crippen LogP) is 6.31. The van der Waals surface area contributed by atoms with E-state index in [2.05, 4.69) is 23.5 Å². The van der Waals surface area contributed by atoms with Gasteiger partial charge in [0.2, 0.25) is 0 Å². The number of hydrogen-bond donors (Lipinski definition) is 1. The van der Waals surface area contributed by atoms with E-state index in [4.69, 9.17) is 4.74 Å². The lowest BCUT2D eigenvalue weighted by molar-refractivity contribution is 0.477. The minimum absolute atomic E-state index is 0.316. The zero-order valence-corrected chi connectivity index (χ0v) is 19.0. The first-order valence-electron chi connectivity index (χ1n) is 10.4. The average Bonchev–Trinajstić information content (AvgIpc) is 2.79. The average molecular weight is 448 g/mol. The molecule has 3 aromatic rings. The molecule has 0 unspecified atom stereocenters. The Balaban J connectivity index is 1.77. The highest BCUT2D eigenvalue weighted by Crippen LogP contribution is 2.30. The molecular weight excluding hydrogens is 420 g/mol. The van der Waals surface area contributed by atoms with Crippen molar-refractivity contribution in [1.29, 1.82) is 0 Å². The van der Waals surface area contributed by atoms with E-state index in [1.807, 2.05) is 56.4 Å². The predicted molar refractivity (Wildman–Crippen MR) is 130 cm³/mol. The highest BCUT2D eigenvalue weighted by atomic mass is 19.2. The summed E-state index contributed by atoms with van der Waals surface area (Å²) in [6.45, 7) is 10.2. The van der Waals surface area contributed by atoms with Crippen molar-refractivity contribution >= 4 is 11.3 Å². The summed E-state index contributed by atoms with van der Waals surface area (Å²) in [6, 6.07) is 13.2. The van der Waals surface area contributed by atoms with E-state index in [1.54, 1.807) is 18.3 Å². The molecule has 0 saturated carbocycles. The van der Waals surface area contributed by atoms with Crippen LogP contribution in [-0.4, -0.2) is 24.0 Å². The van der Waals surface area contributed by atoms with Gasteiger partial charge in [-0.25, -0.2) is 8.78 Å². The second-order valence-electron chi connectivity index (χ2n) is 7.74. The third-order valence-corrected chi connectivity index (χ3v) is 4.97. The van der Waals surface area contributed by atoms with Gasteiger partial charge < -0.3 is 15.0 Å². The van der Waals surface area contributed by atoms with E-state index in [9.17, 15) is 8.78 Å². The van der Waals surface area contributed by atoms with Crippen LogP contribution in [0, 0.1) is 18.6 Å². The number of pyridine rings is 1. The molecule has 0 aliphatic heterocycles. The van der Waals surface area contributed by atoms with Crippen molar-refractivity contribution in [2.45, 2.75) is 13.5 Å². The molecule has 33 heavy (non-hydrogen) atoms. The van der Waals surface area contributed by atoms with Crippen molar-refractivity contribution in [3.8, 4) is 11.5 Å². The first-order valence-corrected chi connectivity index (χ1v) is 10.4. The Hall–Kier alpha value is -3.93. The molecule has 0 atom stereocenters. The van der Waals surface area contributed by atoms with E-state index < -0.39 is 11.6 Å². The summed E-state index contributed by atoms with van der Waals surface area (Å²) in [5.74, 6) is -0.414. The minimum Gasteiger partial charge on any atom is -0.457 e. The number of halogens is 2. The summed E-state index contributed by atoms with van der Waals surface area (Å²) in [4.78, 5) is 6.35. The smallest absolute Gasteiger partial charge is 0.159 e. The molecule has 3 rings (SSSR count). The summed E-state index contributed by atoms with van der Waals surface area (Å²) in [5.41, 5.74) is 4.66. The number of ether oxygens (including phenoxy) is 1. The van der Waals surface area contributed by atoms with E-state index in [-0.39, 0.29) is 0 Å². The van der Waals surface area contributed by atoms with E-state index in [0.29, 0.717) is 29.3 Å². The van der Waals surface area contributed by atoms with Gasteiger partial charge in [0.05, 0.1) is 5.69 Å². The topological polar surface area (TPSA) is 37.4 Å². The van der Waals surface area contributed by atoms with Crippen molar-refractivity contribution in [3.05, 3.63) is 114 Å². The third kappa shape index (κ3) is 6.07. The van der Waals surface area contributed by atoms with Crippen molar-refractivity contribution in [3.63, 3.8) is 0 Å². The zero-order chi connectivity index (χ0) is 24.0. The Morgan fingerprint density at radius 1 is 1.12 bits per heavy atom. The monoisotopic (exact) mass is 447 g/mol. The van der Waals surface area contributed by atoms with Gasteiger partial charge in [-0.05, 0) is 36.8 Å². The summed E-state index contributed by atoms with van der Waals surface area (Å²) >= 11 is 0. The second kappa shape index (κ2) is 10.6. The number of allylic oxidation sites excluding steroid dienone is 2. The summed E-state index contributed by atoms with van der Waals surface area (Å²) < 4.78 is 32.8. The van der Waals surface area contributed by atoms with Gasteiger partial charge in [0.15, 0.2) is 11.6 Å². The van der Waals surface area contributed by atoms with Crippen LogP contribution in [-0.2, 0) is 6.54 Å². The van der Waals surface area contributed by atoms with Crippen LogP contribution in [0.3, 0.4) is 0 Å². The Bertz CT molecular complexity index is 1200. The zero-order valence-electron chi connectivity index (χ0n) is 19.0. The fourth-order valence-electron chi connectivity index (χ4n) is 3.27. The number of nitrogens with zero attached hydrogens (tertiary/aromatic N) is 2. The van der Waals surface area contributed by atoms with Gasteiger partial charge in [-0.1, -0.05) is 37.4 Å². The highest BCUT2D eigenvalue weighted by molar-refractivity contribution is 5.71. The van der Waals surface area contributed by atoms with Crippen LogP contribution in [0.15, 0.2) is 80.2 Å². The van der Waals surface area contributed by atoms with Gasteiger partial charge in [0.1, 0.15) is 11.5 Å². The number of rotatable bonds is 9. The van der Waals surface area contributed by atoms with Gasteiger partial charge in [-0.2, -0.15) is 0 Å². The van der Waals surface area contributed by atoms with Crippen LogP contribution in [0.5, 0.6) is 11.5 Å². The van der Waals surface area contributed by atoms with Gasteiger partial charge >= 0.3 is 0 Å². The third-order valence-electron chi connectivity index (χ3n) is 4.97. The number of benzene rings is 2. The molecule has 1 aromatic heterocycles. The summed E-state index contributed by atoms with van der Waals surface area (Å²) in [5, 5.41) is 3.17. The van der Waals surface area contributed by atoms with Crippen LogP contribution in [0.4, 0.5) is 8.78 Å². The molecule has 0 aliphatic rings. The Morgan fingerprint density at radius 2 is 1.91 bits per heavy atom. The first-order chi connectivity index (χ1) is 15.8. The van der Waals surface area contributed by atoms with Gasteiger partial charge in [0, 0.05) is 61.5 Å². The number of aromatic nitrogens is 1. The van der Waals surface area contributed by atoms with Gasteiger partial charge in [-0.15, -0.1) is 0 Å². The molecule has 1 N–H and O–H groups in total. The molecule has 0 spiro atoms. The van der Waals surface area contributed by atoms with Crippen LogP contribution in [0.1, 0.15) is 22.4 Å². The van der Waals surface area contributed by atoms with Gasteiger partial charge in [0.25, 0.3) is 0 Å². The molecule has 0 saturated heterocycles. The molecule has 170 valence electrons. The van der Waals surface area contributed by atoms with Crippen molar-refractivity contribution in [1.82, 2.24) is 15.2 Å². The van der Waals surface area contributed by atoms with Crippen LogP contribution in [0.25, 0.3) is 11.3 Å². The molecule has 2 aromatic carbocycles. The minimum atomic E-state index is -0.872. The first kappa shape index (κ1) is 23.7. The lowest BCUT2D eigenvalue weighted by atomic mass is 10.0. The van der Waals surface area contributed by atoms with Crippen molar-refractivity contribution in [2.75, 3.05) is 14.1 Å². The standard InChI is InChI=1S/C27H27F2N3O/c1-6-21(17-32(4)5)26-15-22(12-13-30-26)33-27-9-7-8-23(18(27)2)19(3)31-16-20-10-11-24(28)25(29)14-20/h6-15,17,31H,1,3,16H2,2,4-5H3/b21-17+. The SMILES string of the molecule is C=C/C(=C\N(C)C)c1cc(Oc2cccc(C(=C)NCc3ccc(F)c(F)c3)c2C)ccn1. The molecule has 1 heterocycles. The maximum Gasteiger partial charge on any atom is 0.159 e. The molecule has 6 heteroatoms. The molecule has 0 aliphatic carbocycles. The van der Waals surface area contributed by atoms with Gasteiger partial charge in [-0.3, -0.25) is 4.98 Å². The molecule has 0 fully saturated rings. The fourth-order valence-corrected chi connectivity index (χ4v) is 3.27. The Labute approximate surface area is 193 Å². The van der Waals surface area contributed by atoms with E-state index in [0.717, 1.165) is 28.5 Å². The number of hydrogen-bond acceptors (Lipinski definition) is 4. The van der Waals surface area contributed by atoms with Crippen molar-refractivity contribution in [2.24, 2.45) is 0 Å². The normalized spacial score (nSPS) is 11.1. The Morgan fingerprint density at radius 3 is 2.61 bits per heavy atom. The van der Waals surface area contributed by atoms with Crippen LogP contribution < -0.4 is 10.1 Å².